The van der Waals surface area contributed by atoms with Crippen LogP contribution >= 0.6 is 0 Å². The fourth-order valence-corrected chi connectivity index (χ4v) is 3.07. The first-order chi connectivity index (χ1) is 6.18. The fraction of sp³-hybridized carbons (Fsp3) is 1.00. The molecule has 2 rings (SSSR count). The third-order valence-corrected chi connectivity index (χ3v) is 3.50. The van der Waals surface area contributed by atoms with Crippen LogP contribution in [0.5, 0.6) is 0 Å². The molecule has 13 heavy (non-hydrogen) atoms. The normalized spacial score (nSPS) is 40.4. The van der Waals surface area contributed by atoms with E-state index < -0.39 is 0 Å². The molecule has 74 valence electrons. The summed E-state index contributed by atoms with van der Waals surface area (Å²) in [5, 5.41) is 9.65. The van der Waals surface area contributed by atoms with Gasteiger partial charge in [0.2, 0.25) is 0 Å². The lowest BCUT2D eigenvalue weighted by Crippen LogP contribution is -2.59. The third kappa shape index (κ3) is 1.76. The molecule has 0 aromatic heterocycles. The SMILES string of the molecule is CB(O)N1[C@@H]2CCC[C@H]1CC(N)C2. The Kier molecular flexibility index (Phi) is 2.63. The molecule has 2 aliphatic rings. The summed E-state index contributed by atoms with van der Waals surface area (Å²) in [6.45, 7) is 1.88. The average molecular weight is 182 g/mol. The molecule has 0 aromatic carbocycles. The van der Waals surface area contributed by atoms with Crippen LogP contribution in [0.2, 0.25) is 6.82 Å². The van der Waals surface area contributed by atoms with E-state index >= 15 is 0 Å². The summed E-state index contributed by atoms with van der Waals surface area (Å²) in [6, 6.07) is 1.45. The molecule has 2 bridgehead atoms. The number of hydrogen-bond acceptors (Lipinski definition) is 3. The first kappa shape index (κ1) is 9.50. The summed E-state index contributed by atoms with van der Waals surface area (Å²) in [5.41, 5.74) is 5.98. The second-order valence-electron chi connectivity index (χ2n) is 4.55. The molecule has 3 N–H and O–H groups in total. The van der Waals surface area contributed by atoms with Gasteiger partial charge in [0.25, 0.3) is 0 Å². The fourth-order valence-electron chi connectivity index (χ4n) is 3.07. The first-order valence-corrected chi connectivity index (χ1v) is 5.39. The molecular weight excluding hydrogens is 163 g/mol. The lowest BCUT2D eigenvalue weighted by atomic mass is 9.71. The number of rotatable bonds is 1. The largest absolute Gasteiger partial charge is 0.437 e. The second kappa shape index (κ2) is 3.60. The Morgan fingerprint density at radius 3 is 2.31 bits per heavy atom. The zero-order valence-electron chi connectivity index (χ0n) is 8.32. The molecule has 0 saturated carbocycles. The molecule has 0 radical (unpaired) electrons. The van der Waals surface area contributed by atoms with Gasteiger partial charge in [0.15, 0.2) is 0 Å². The van der Waals surface area contributed by atoms with E-state index in [1.807, 2.05) is 6.82 Å². The summed E-state index contributed by atoms with van der Waals surface area (Å²) >= 11 is 0. The van der Waals surface area contributed by atoms with Crippen molar-refractivity contribution in [2.24, 2.45) is 5.73 Å². The van der Waals surface area contributed by atoms with Crippen molar-refractivity contribution >= 4 is 7.05 Å². The van der Waals surface area contributed by atoms with E-state index in [1.54, 1.807) is 0 Å². The van der Waals surface area contributed by atoms with Gasteiger partial charge in [0.1, 0.15) is 0 Å². The van der Waals surface area contributed by atoms with Crippen LogP contribution in [0.25, 0.3) is 0 Å². The summed E-state index contributed by atoms with van der Waals surface area (Å²) in [6.07, 6.45) is 5.89. The Morgan fingerprint density at radius 1 is 1.31 bits per heavy atom. The molecular formula is C9H19BN2O. The second-order valence-corrected chi connectivity index (χ2v) is 4.55. The van der Waals surface area contributed by atoms with E-state index in [-0.39, 0.29) is 7.05 Å². The zero-order valence-corrected chi connectivity index (χ0v) is 8.32. The molecule has 3 atom stereocenters. The Bertz CT molecular complexity index is 174. The monoisotopic (exact) mass is 182 g/mol. The van der Waals surface area contributed by atoms with Crippen LogP contribution in [0, 0.1) is 0 Å². The predicted molar refractivity (Wildman–Crippen MR) is 54.3 cm³/mol. The first-order valence-electron chi connectivity index (χ1n) is 5.39. The van der Waals surface area contributed by atoms with Gasteiger partial charge in [-0.2, -0.15) is 0 Å². The van der Waals surface area contributed by atoms with E-state index in [0.29, 0.717) is 18.1 Å². The number of piperidine rings is 2. The maximum absolute atomic E-state index is 9.65. The molecule has 3 nitrogen and oxygen atoms in total. The predicted octanol–water partition coefficient (Wildman–Crippen LogP) is 0.441. The minimum absolute atomic E-state index is 0.289. The number of fused-ring (bicyclic) bond motifs is 2. The minimum atomic E-state index is -0.289. The molecule has 2 fully saturated rings. The van der Waals surface area contributed by atoms with Crippen LogP contribution < -0.4 is 5.73 Å². The van der Waals surface area contributed by atoms with Gasteiger partial charge < -0.3 is 15.6 Å². The Morgan fingerprint density at radius 2 is 1.85 bits per heavy atom. The zero-order chi connectivity index (χ0) is 9.42. The van der Waals surface area contributed by atoms with Crippen molar-refractivity contribution in [3.05, 3.63) is 0 Å². The van der Waals surface area contributed by atoms with Crippen molar-refractivity contribution in [3.63, 3.8) is 0 Å². The van der Waals surface area contributed by atoms with Gasteiger partial charge in [-0.1, -0.05) is 6.42 Å². The quantitative estimate of drug-likeness (QED) is 0.578. The number of hydrogen-bond donors (Lipinski definition) is 2. The number of nitrogens with two attached hydrogens (primary N) is 1. The van der Waals surface area contributed by atoms with Crippen molar-refractivity contribution in [1.82, 2.24) is 4.81 Å². The smallest absolute Gasteiger partial charge is 0.376 e. The molecule has 2 heterocycles. The summed E-state index contributed by atoms with van der Waals surface area (Å²) in [5.74, 6) is 0. The Balaban J connectivity index is 2.10. The van der Waals surface area contributed by atoms with Crippen LogP contribution in [-0.4, -0.2) is 35.0 Å². The highest BCUT2D eigenvalue weighted by molar-refractivity contribution is 6.45. The summed E-state index contributed by atoms with van der Waals surface area (Å²) in [7, 11) is -0.289. The van der Waals surface area contributed by atoms with Gasteiger partial charge >= 0.3 is 7.05 Å². The molecule has 4 heteroatoms. The lowest BCUT2D eigenvalue weighted by molar-refractivity contribution is 0.0923. The van der Waals surface area contributed by atoms with E-state index in [4.69, 9.17) is 5.73 Å². The van der Waals surface area contributed by atoms with Gasteiger partial charge in [-0.05, 0) is 32.5 Å². The molecule has 0 aromatic rings. The van der Waals surface area contributed by atoms with Crippen LogP contribution in [0.4, 0.5) is 0 Å². The molecule has 2 aliphatic heterocycles. The minimum Gasteiger partial charge on any atom is -0.437 e. The molecule has 0 spiro atoms. The molecule has 2 saturated heterocycles. The molecule has 0 aliphatic carbocycles. The topological polar surface area (TPSA) is 49.5 Å². The number of nitrogens with zero attached hydrogens (tertiary/aromatic N) is 1. The maximum Gasteiger partial charge on any atom is 0.376 e. The van der Waals surface area contributed by atoms with E-state index in [2.05, 4.69) is 4.81 Å². The van der Waals surface area contributed by atoms with Gasteiger partial charge in [-0.3, -0.25) is 0 Å². The van der Waals surface area contributed by atoms with Gasteiger partial charge in [-0.25, -0.2) is 0 Å². The summed E-state index contributed by atoms with van der Waals surface area (Å²) < 4.78 is 0. The van der Waals surface area contributed by atoms with Crippen LogP contribution in [0.3, 0.4) is 0 Å². The van der Waals surface area contributed by atoms with E-state index in [9.17, 15) is 5.02 Å². The highest BCUT2D eigenvalue weighted by Gasteiger charge is 2.39. The van der Waals surface area contributed by atoms with Crippen molar-refractivity contribution < 1.29 is 5.02 Å². The van der Waals surface area contributed by atoms with Crippen LogP contribution in [-0.2, 0) is 0 Å². The van der Waals surface area contributed by atoms with E-state index in [0.717, 1.165) is 12.8 Å². The highest BCUT2D eigenvalue weighted by Crippen LogP contribution is 2.33. The standard InChI is InChI=1S/C9H19BN2O/c1-10(13)12-8-3-2-4-9(12)6-7(11)5-8/h7-9,13H,2-6,11H2,1H3/t7?,8-,9+. The molecule has 0 amide bonds. The van der Waals surface area contributed by atoms with Gasteiger partial charge in [-0.15, -0.1) is 0 Å². The third-order valence-electron chi connectivity index (χ3n) is 3.50. The van der Waals surface area contributed by atoms with Crippen molar-refractivity contribution in [3.8, 4) is 0 Å². The maximum atomic E-state index is 9.65. The lowest BCUT2D eigenvalue weighted by Gasteiger charge is -2.49. The molecule has 1 unspecified atom stereocenters. The van der Waals surface area contributed by atoms with Crippen LogP contribution in [0.1, 0.15) is 32.1 Å². The average Bonchev–Trinajstić information content (AvgIpc) is 2.01. The van der Waals surface area contributed by atoms with E-state index in [1.165, 1.54) is 19.3 Å². The Labute approximate surface area is 80.4 Å². The van der Waals surface area contributed by atoms with Crippen molar-refractivity contribution in [2.75, 3.05) is 0 Å². The Hall–Kier alpha value is -0.0551. The van der Waals surface area contributed by atoms with Crippen molar-refractivity contribution in [1.29, 1.82) is 0 Å². The van der Waals surface area contributed by atoms with Gasteiger partial charge in [0, 0.05) is 18.1 Å². The van der Waals surface area contributed by atoms with Crippen molar-refractivity contribution in [2.45, 2.75) is 57.1 Å². The highest BCUT2D eigenvalue weighted by atomic mass is 16.2. The summed E-state index contributed by atoms with van der Waals surface area (Å²) in [4.78, 5) is 2.27. The van der Waals surface area contributed by atoms with Crippen LogP contribution in [0.15, 0.2) is 0 Å². The van der Waals surface area contributed by atoms with Gasteiger partial charge in [0.05, 0.1) is 0 Å².